The van der Waals surface area contributed by atoms with E-state index in [9.17, 15) is 14.9 Å². The van der Waals surface area contributed by atoms with Crippen LogP contribution in [0.4, 0.5) is 11.5 Å². The molecule has 178 valence electrons. The number of benzene rings is 2. The molecule has 0 bridgehead atoms. The molecule has 0 spiro atoms. The number of carbonyl (C=O) groups is 1. The van der Waals surface area contributed by atoms with E-state index in [1.165, 1.54) is 12.1 Å². The van der Waals surface area contributed by atoms with Gasteiger partial charge in [0, 0.05) is 38.0 Å². The first kappa shape index (κ1) is 23.6. The molecule has 34 heavy (non-hydrogen) atoms. The second-order valence-corrected chi connectivity index (χ2v) is 9.23. The molecule has 1 saturated carbocycles. The van der Waals surface area contributed by atoms with Crippen LogP contribution in [0.3, 0.4) is 0 Å². The van der Waals surface area contributed by atoms with E-state index < -0.39 is 4.92 Å². The van der Waals surface area contributed by atoms with Crippen molar-refractivity contribution in [2.45, 2.75) is 51.0 Å². The van der Waals surface area contributed by atoms with Gasteiger partial charge in [-0.05, 0) is 56.2 Å². The van der Waals surface area contributed by atoms with E-state index in [1.54, 1.807) is 12.1 Å². The number of nitrogens with one attached hydrogen (secondary N) is 1. The Morgan fingerprint density at radius 1 is 1.06 bits per heavy atom. The van der Waals surface area contributed by atoms with E-state index in [0.29, 0.717) is 5.92 Å². The van der Waals surface area contributed by atoms with Crippen molar-refractivity contribution < 1.29 is 9.72 Å². The molecule has 1 amide bonds. The zero-order valence-corrected chi connectivity index (χ0v) is 19.7. The van der Waals surface area contributed by atoms with Gasteiger partial charge in [0.25, 0.3) is 11.6 Å². The summed E-state index contributed by atoms with van der Waals surface area (Å²) in [7, 11) is 4.01. The van der Waals surface area contributed by atoms with E-state index in [2.05, 4.69) is 11.4 Å². The van der Waals surface area contributed by atoms with Crippen molar-refractivity contribution in [3.05, 3.63) is 70.0 Å². The Morgan fingerprint density at radius 2 is 1.76 bits per heavy atom. The summed E-state index contributed by atoms with van der Waals surface area (Å²) < 4.78 is 0. The van der Waals surface area contributed by atoms with Crippen LogP contribution in [0, 0.1) is 16.0 Å². The van der Waals surface area contributed by atoms with Crippen LogP contribution in [-0.2, 0) is 6.42 Å². The summed E-state index contributed by atoms with van der Waals surface area (Å²) in [4.78, 5) is 34.9. The number of anilines is 1. The molecule has 0 unspecified atom stereocenters. The van der Waals surface area contributed by atoms with Crippen molar-refractivity contribution in [1.29, 1.82) is 0 Å². The molecule has 1 fully saturated rings. The predicted octanol–water partition coefficient (Wildman–Crippen LogP) is 4.92. The average Bonchev–Trinajstić information content (AvgIpc) is 2.84. The molecule has 8 heteroatoms. The van der Waals surface area contributed by atoms with Gasteiger partial charge in [0.05, 0.1) is 10.4 Å². The number of nitro groups is 1. The van der Waals surface area contributed by atoms with Crippen molar-refractivity contribution in [3.63, 3.8) is 0 Å². The lowest BCUT2D eigenvalue weighted by atomic mass is 9.83. The van der Waals surface area contributed by atoms with E-state index in [4.69, 9.17) is 9.97 Å². The third-order valence-corrected chi connectivity index (χ3v) is 6.59. The topological polar surface area (TPSA) is 101 Å². The molecular formula is C26H31N5O3. The molecule has 0 saturated heterocycles. The number of fused-ring (bicyclic) bond motifs is 1. The average molecular weight is 462 g/mol. The summed E-state index contributed by atoms with van der Waals surface area (Å²) in [6.45, 7) is 0. The smallest absolute Gasteiger partial charge is 0.282 e. The first-order chi connectivity index (χ1) is 16.4. The summed E-state index contributed by atoms with van der Waals surface area (Å²) in [6, 6.07) is 14.3. The number of aromatic nitrogens is 2. The maximum Gasteiger partial charge on any atom is 0.282 e. The Kier molecular flexibility index (Phi) is 7.35. The second-order valence-electron chi connectivity index (χ2n) is 9.23. The zero-order chi connectivity index (χ0) is 24.1. The summed E-state index contributed by atoms with van der Waals surface area (Å²) in [6.07, 6.45) is 6.87. The van der Waals surface area contributed by atoms with Gasteiger partial charge in [0.1, 0.15) is 17.2 Å². The Bertz CT molecular complexity index is 1170. The number of nitrogens with zero attached hydrogens (tertiary/aromatic N) is 4. The van der Waals surface area contributed by atoms with Crippen LogP contribution in [0.5, 0.6) is 0 Å². The lowest BCUT2D eigenvalue weighted by Gasteiger charge is -2.29. The minimum atomic E-state index is -0.507. The minimum Gasteiger partial charge on any atom is -0.362 e. The Hall–Kier alpha value is -3.55. The van der Waals surface area contributed by atoms with Gasteiger partial charge >= 0.3 is 0 Å². The molecule has 1 N–H and O–H groups in total. The SMILES string of the molecule is CN(C)c1nc(CCCC2CCC(NC(=O)c3ccccc3[N+](=O)[O-])CC2)nc2ccccc12. The largest absolute Gasteiger partial charge is 0.362 e. The fraction of sp³-hybridized carbons (Fsp3) is 0.423. The highest BCUT2D eigenvalue weighted by molar-refractivity contribution is 5.98. The second kappa shape index (κ2) is 10.6. The lowest BCUT2D eigenvalue weighted by molar-refractivity contribution is -0.385. The quantitative estimate of drug-likeness (QED) is 0.378. The van der Waals surface area contributed by atoms with E-state index >= 15 is 0 Å². The fourth-order valence-electron chi connectivity index (χ4n) is 4.79. The maximum atomic E-state index is 12.6. The first-order valence-corrected chi connectivity index (χ1v) is 11.9. The number of aryl methyl sites for hydroxylation is 1. The number of carbonyl (C=O) groups excluding carboxylic acids is 1. The van der Waals surface area contributed by atoms with Crippen molar-refractivity contribution in [2.24, 2.45) is 5.92 Å². The van der Waals surface area contributed by atoms with Crippen molar-refractivity contribution in [1.82, 2.24) is 15.3 Å². The predicted molar refractivity (Wildman–Crippen MR) is 133 cm³/mol. The molecule has 4 rings (SSSR count). The molecule has 1 aliphatic rings. The van der Waals surface area contributed by atoms with Gasteiger partial charge in [-0.3, -0.25) is 14.9 Å². The summed E-state index contributed by atoms with van der Waals surface area (Å²) in [5.74, 6) is 2.09. The van der Waals surface area contributed by atoms with Gasteiger partial charge in [-0.2, -0.15) is 0 Å². The number of nitro benzene ring substituents is 1. The highest BCUT2D eigenvalue weighted by atomic mass is 16.6. The van der Waals surface area contributed by atoms with Gasteiger partial charge in [-0.1, -0.05) is 30.7 Å². The molecule has 0 radical (unpaired) electrons. The van der Waals surface area contributed by atoms with Crippen LogP contribution in [0.15, 0.2) is 48.5 Å². The summed E-state index contributed by atoms with van der Waals surface area (Å²) >= 11 is 0. The highest BCUT2D eigenvalue weighted by Gasteiger charge is 2.25. The number of amides is 1. The third-order valence-electron chi connectivity index (χ3n) is 6.59. The van der Waals surface area contributed by atoms with Crippen LogP contribution >= 0.6 is 0 Å². The number of hydrogen-bond acceptors (Lipinski definition) is 6. The molecule has 0 atom stereocenters. The van der Waals surface area contributed by atoms with Crippen LogP contribution in [0.1, 0.15) is 54.7 Å². The van der Waals surface area contributed by atoms with E-state index in [1.807, 2.05) is 37.2 Å². The van der Waals surface area contributed by atoms with Crippen LogP contribution in [0.25, 0.3) is 10.9 Å². The lowest BCUT2D eigenvalue weighted by Crippen LogP contribution is -2.37. The molecule has 0 aliphatic heterocycles. The highest BCUT2D eigenvalue weighted by Crippen LogP contribution is 2.29. The summed E-state index contributed by atoms with van der Waals surface area (Å²) in [5, 5.41) is 15.3. The molecular weight excluding hydrogens is 430 g/mol. The number of para-hydroxylation sites is 2. The van der Waals surface area contributed by atoms with E-state index in [0.717, 1.165) is 67.5 Å². The Balaban J connectivity index is 1.27. The van der Waals surface area contributed by atoms with Gasteiger partial charge in [0.15, 0.2) is 0 Å². The van der Waals surface area contributed by atoms with Crippen molar-refractivity contribution >= 4 is 28.3 Å². The van der Waals surface area contributed by atoms with Gasteiger partial charge in [-0.25, -0.2) is 9.97 Å². The van der Waals surface area contributed by atoms with Crippen LogP contribution in [0.2, 0.25) is 0 Å². The number of rotatable bonds is 8. The third kappa shape index (κ3) is 5.50. The molecule has 3 aromatic rings. The van der Waals surface area contributed by atoms with Crippen molar-refractivity contribution in [2.75, 3.05) is 19.0 Å². The molecule has 1 aromatic heterocycles. The zero-order valence-electron chi connectivity index (χ0n) is 19.7. The Morgan fingerprint density at radius 3 is 2.50 bits per heavy atom. The molecule has 8 nitrogen and oxygen atoms in total. The monoisotopic (exact) mass is 461 g/mol. The standard InChI is InChI=1S/C26H31N5O3/c1-30(2)25-20-9-3-5-11-22(20)28-24(29-25)13-7-8-18-14-16-19(17-15-18)27-26(32)21-10-4-6-12-23(21)31(33)34/h3-6,9-12,18-19H,7-8,13-17H2,1-2H3,(H,27,32). The first-order valence-electron chi connectivity index (χ1n) is 11.9. The van der Waals surface area contributed by atoms with Gasteiger partial charge in [-0.15, -0.1) is 0 Å². The number of hydrogen-bond donors (Lipinski definition) is 1. The van der Waals surface area contributed by atoms with E-state index in [-0.39, 0.29) is 23.2 Å². The van der Waals surface area contributed by atoms with Crippen molar-refractivity contribution in [3.8, 4) is 0 Å². The fourth-order valence-corrected chi connectivity index (χ4v) is 4.79. The minimum absolute atomic E-state index is 0.0648. The van der Waals surface area contributed by atoms with Crippen LogP contribution < -0.4 is 10.2 Å². The molecule has 1 aliphatic carbocycles. The van der Waals surface area contributed by atoms with Gasteiger partial charge < -0.3 is 10.2 Å². The molecule has 1 heterocycles. The normalized spacial score (nSPS) is 17.9. The summed E-state index contributed by atoms with van der Waals surface area (Å²) in [5.41, 5.74) is 0.954. The van der Waals surface area contributed by atoms with Crippen LogP contribution in [-0.4, -0.2) is 40.9 Å². The Labute approximate surface area is 199 Å². The maximum absolute atomic E-state index is 12.6. The van der Waals surface area contributed by atoms with Gasteiger partial charge in [0.2, 0.25) is 0 Å². The molecule has 2 aromatic carbocycles.